The predicted molar refractivity (Wildman–Crippen MR) is 123 cm³/mol. The van der Waals surface area contributed by atoms with E-state index in [1.807, 2.05) is 68.1 Å². The van der Waals surface area contributed by atoms with Crippen LogP contribution in [0.15, 0.2) is 42.5 Å². The molecule has 1 N–H and O–H groups in total. The third-order valence-corrected chi connectivity index (χ3v) is 5.85. The maximum Gasteiger partial charge on any atom is 0.238 e. The summed E-state index contributed by atoms with van der Waals surface area (Å²) >= 11 is 0. The highest BCUT2D eigenvalue weighted by atomic mass is 16.5. The van der Waals surface area contributed by atoms with Crippen LogP contribution >= 0.6 is 0 Å². The first-order chi connectivity index (χ1) is 15.0. The van der Waals surface area contributed by atoms with E-state index in [2.05, 4.69) is 10.2 Å². The van der Waals surface area contributed by atoms with Crippen LogP contribution in [0.25, 0.3) is 0 Å². The molecule has 1 aliphatic rings. The van der Waals surface area contributed by atoms with Gasteiger partial charge >= 0.3 is 0 Å². The Morgan fingerprint density at radius 3 is 2.48 bits per heavy atom. The molecular weight excluding hydrogens is 390 g/mol. The van der Waals surface area contributed by atoms with Crippen molar-refractivity contribution in [3.8, 4) is 5.75 Å². The van der Waals surface area contributed by atoms with Gasteiger partial charge in [0.15, 0.2) is 0 Å². The van der Waals surface area contributed by atoms with E-state index < -0.39 is 0 Å². The van der Waals surface area contributed by atoms with Crippen LogP contribution in [0.5, 0.6) is 5.75 Å². The number of piperazine rings is 1. The van der Waals surface area contributed by atoms with Gasteiger partial charge in [0.05, 0.1) is 13.2 Å². The van der Waals surface area contributed by atoms with Gasteiger partial charge in [0.1, 0.15) is 5.75 Å². The standard InChI is InChI=1S/C25H33N3O3/c1-4-31-23-11-6-5-9-21(23)12-13-25(30)28-16-14-27(15-17-28)18-24(29)26-22-10-7-8-19(2)20(22)3/h5-11H,4,12-18H2,1-3H3,(H,26,29). The lowest BCUT2D eigenvalue weighted by Gasteiger charge is -2.34. The van der Waals surface area contributed by atoms with Crippen LogP contribution in [0.4, 0.5) is 5.69 Å². The molecule has 6 heteroatoms. The molecule has 31 heavy (non-hydrogen) atoms. The Morgan fingerprint density at radius 1 is 1.00 bits per heavy atom. The van der Waals surface area contributed by atoms with Crippen molar-refractivity contribution < 1.29 is 14.3 Å². The monoisotopic (exact) mass is 423 g/mol. The average Bonchev–Trinajstić information content (AvgIpc) is 2.77. The number of nitrogens with zero attached hydrogens (tertiary/aromatic N) is 2. The third-order valence-electron chi connectivity index (χ3n) is 5.85. The van der Waals surface area contributed by atoms with Crippen molar-refractivity contribution in [2.24, 2.45) is 0 Å². The molecule has 6 nitrogen and oxygen atoms in total. The fourth-order valence-electron chi connectivity index (χ4n) is 3.84. The normalized spacial score (nSPS) is 14.4. The van der Waals surface area contributed by atoms with Crippen molar-refractivity contribution >= 4 is 17.5 Å². The van der Waals surface area contributed by atoms with Gasteiger partial charge in [-0.15, -0.1) is 0 Å². The minimum absolute atomic E-state index is 0.0130. The molecule has 0 spiro atoms. The van der Waals surface area contributed by atoms with Crippen LogP contribution < -0.4 is 10.1 Å². The van der Waals surface area contributed by atoms with Crippen LogP contribution in [0.2, 0.25) is 0 Å². The van der Waals surface area contributed by atoms with E-state index in [1.54, 1.807) is 0 Å². The second-order valence-electron chi connectivity index (χ2n) is 7.99. The molecule has 0 radical (unpaired) electrons. The second-order valence-corrected chi connectivity index (χ2v) is 7.99. The molecule has 0 bridgehead atoms. The Morgan fingerprint density at radius 2 is 1.74 bits per heavy atom. The molecule has 1 fully saturated rings. The fourth-order valence-corrected chi connectivity index (χ4v) is 3.84. The number of benzene rings is 2. The van der Waals surface area contributed by atoms with E-state index in [9.17, 15) is 9.59 Å². The highest BCUT2D eigenvalue weighted by Gasteiger charge is 2.22. The van der Waals surface area contributed by atoms with Crippen molar-refractivity contribution in [3.63, 3.8) is 0 Å². The Labute approximate surface area is 185 Å². The highest BCUT2D eigenvalue weighted by Crippen LogP contribution is 2.20. The molecule has 0 aliphatic carbocycles. The smallest absolute Gasteiger partial charge is 0.238 e. The van der Waals surface area contributed by atoms with Crippen LogP contribution in [0, 0.1) is 13.8 Å². The number of aryl methyl sites for hydroxylation is 2. The lowest BCUT2D eigenvalue weighted by atomic mass is 10.1. The van der Waals surface area contributed by atoms with Gasteiger partial charge < -0.3 is 15.0 Å². The molecular formula is C25H33N3O3. The Kier molecular flexibility index (Phi) is 8.06. The first-order valence-corrected chi connectivity index (χ1v) is 11.0. The van der Waals surface area contributed by atoms with Crippen LogP contribution in [-0.2, 0) is 16.0 Å². The number of hydrogen-bond donors (Lipinski definition) is 1. The van der Waals surface area contributed by atoms with Gasteiger partial charge in [-0.3, -0.25) is 14.5 Å². The summed E-state index contributed by atoms with van der Waals surface area (Å²) in [6, 6.07) is 13.8. The number of carbonyl (C=O) groups is 2. The van der Waals surface area contributed by atoms with Crippen molar-refractivity contribution in [2.75, 3.05) is 44.6 Å². The summed E-state index contributed by atoms with van der Waals surface area (Å²) in [5.41, 5.74) is 4.19. The topological polar surface area (TPSA) is 61.9 Å². The highest BCUT2D eigenvalue weighted by molar-refractivity contribution is 5.93. The summed E-state index contributed by atoms with van der Waals surface area (Å²) in [4.78, 5) is 29.1. The SMILES string of the molecule is CCOc1ccccc1CCC(=O)N1CCN(CC(=O)Nc2cccc(C)c2C)CC1. The molecule has 1 heterocycles. The minimum atomic E-state index is -0.0130. The van der Waals surface area contributed by atoms with Gasteiger partial charge in [0.2, 0.25) is 11.8 Å². The molecule has 1 aliphatic heterocycles. The van der Waals surface area contributed by atoms with Crippen LogP contribution in [0.1, 0.15) is 30.0 Å². The minimum Gasteiger partial charge on any atom is -0.494 e. The molecule has 0 aromatic heterocycles. The largest absolute Gasteiger partial charge is 0.494 e. The van der Waals surface area contributed by atoms with E-state index in [0.29, 0.717) is 52.2 Å². The summed E-state index contributed by atoms with van der Waals surface area (Å²) in [6.45, 7) is 9.71. The second kappa shape index (κ2) is 11.0. The number of para-hydroxylation sites is 1. The number of nitrogens with one attached hydrogen (secondary N) is 1. The number of anilines is 1. The summed E-state index contributed by atoms with van der Waals surface area (Å²) in [5.74, 6) is 1.00. The summed E-state index contributed by atoms with van der Waals surface area (Å²) < 4.78 is 5.65. The van der Waals surface area contributed by atoms with Crippen molar-refractivity contribution in [1.29, 1.82) is 0 Å². The van der Waals surface area contributed by atoms with E-state index >= 15 is 0 Å². The first kappa shape index (κ1) is 22.8. The van der Waals surface area contributed by atoms with Crippen LogP contribution in [-0.4, -0.2) is 60.9 Å². The van der Waals surface area contributed by atoms with Gasteiger partial charge in [-0.05, 0) is 56.0 Å². The molecule has 2 amide bonds. The maximum absolute atomic E-state index is 12.7. The molecule has 0 unspecified atom stereocenters. The van der Waals surface area contributed by atoms with Crippen molar-refractivity contribution in [2.45, 2.75) is 33.6 Å². The molecule has 0 saturated carbocycles. The van der Waals surface area contributed by atoms with E-state index in [-0.39, 0.29) is 11.8 Å². The van der Waals surface area contributed by atoms with Gasteiger partial charge in [-0.2, -0.15) is 0 Å². The van der Waals surface area contributed by atoms with Gasteiger partial charge in [-0.1, -0.05) is 30.3 Å². The quantitative estimate of drug-likeness (QED) is 0.707. The predicted octanol–water partition coefficient (Wildman–Crippen LogP) is 3.42. The number of carbonyl (C=O) groups excluding carboxylic acids is 2. The number of hydrogen-bond acceptors (Lipinski definition) is 4. The number of rotatable bonds is 8. The number of ether oxygens (including phenoxy) is 1. The van der Waals surface area contributed by atoms with Crippen molar-refractivity contribution in [3.05, 3.63) is 59.2 Å². The Bertz CT molecular complexity index is 905. The van der Waals surface area contributed by atoms with Gasteiger partial charge in [0, 0.05) is 38.3 Å². The lowest BCUT2D eigenvalue weighted by Crippen LogP contribution is -2.50. The fraction of sp³-hybridized carbons (Fsp3) is 0.440. The Hall–Kier alpha value is -2.86. The molecule has 0 atom stereocenters. The molecule has 2 aromatic carbocycles. The summed E-state index contributed by atoms with van der Waals surface area (Å²) in [6.07, 6.45) is 1.14. The van der Waals surface area contributed by atoms with E-state index in [1.165, 1.54) is 0 Å². The number of amides is 2. The van der Waals surface area contributed by atoms with Crippen molar-refractivity contribution in [1.82, 2.24) is 9.80 Å². The zero-order valence-electron chi connectivity index (χ0n) is 18.8. The summed E-state index contributed by atoms with van der Waals surface area (Å²) in [5, 5.41) is 3.01. The van der Waals surface area contributed by atoms with Gasteiger partial charge in [-0.25, -0.2) is 0 Å². The average molecular weight is 424 g/mol. The lowest BCUT2D eigenvalue weighted by molar-refractivity contribution is -0.133. The summed E-state index contributed by atoms with van der Waals surface area (Å²) in [7, 11) is 0. The molecule has 2 aromatic rings. The van der Waals surface area contributed by atoms with E-state index in [0.717, 1.165) is 28.1 Å². The maximum atomic E-state index is 12.7. The molecule has 166 valence electrons. The van der Waals surface area contributed by atoms with Crippen LogP contribution in [0.3, 0.4) is 0 Å². The zero-order chi connectivity index (χ0) is 22.2. The first-order valence-electron chi connectivity index (χ1n) is 11.0. The zero-order valence-corrected chi connectivity index (χ0v) is 18.8. The molecule has 1 saturated heterocycles. The van der Waals surface area contributed by atoms with E-state index in [4.69, 9.17) is 4.74 Å². The Balaban J connectivity index is 1.43. The van der Waals surface area contributed by atoms with Gasteiger partial charge in [0.25, 0.3) is 0 Å². The third kappa shape index (κ3) is 6.31. The molecule has 3 rings (SSSR count).